The lowest BCUT2D eigenvalue weighted by molar-refractivity contribution is -0.116. The molecule has 0 aliphatic rings. The number of rotatable bonds is 11. The normalized spacial score (nSPS) is 10.9. The number of pyridine rings is 1. The van der Waals surface area contributed by atoms with Crippen molar-refractivity contribution >= 4 is 23.7 Å². The lowest BCUT2D eigenvalue weighted by Crippen LogP contribution is -2.21. The number of hydrogen-bond acceptors (Lipinski definition) is 6. The molecule has 32 heavy (non-hydrogen) atoms. The number of unbranched alkanes of at least 4 members (excludes halogenated alkanes) is 3. The Labute approximate surface area is 189 Å². The number of nitrogen functional groups attached to an aromatic ring is 1. The Morgan fingerprint density at radius 3 is 2.75 bits per heavy atom. The number of anilines is 2. The van der Waals surface area contributed by atoms with E-state index in [1.54, 1.807) is 24.5 Å². The molecule has 4 N–H and O–H groups in total. The Morgan fingerprint density at radius 1 is 1.06 bits per heavy atom. The lowest BCUT2D eigenvalue weighted by Gasteiger charge is -2.08. The summed E-state index contributed by atoms with van der Waals surface area (Å²) in [6, 6.07) is 14.1. The van der Waals surface area contributed by atoms with Gasteiger partial charge in [-0.1, -0.05) is 37.1 Å². The van der Waals surface area contributed by atoms with Crippen LogP contribution in [0.5, 0.6) is 0 Å². The van der Waals surface area contributed by atoms with E-state index in [2.05, 4.69) is 43.8 Å². The van der Waals surface area contributed by atoms with Gasteiger partial charge in [-0.25, -0.2) is 4.98 Å². The zero-order valence-electron chi connectivity index (χ0n) is 18.4. The van der Waals surface area contributed by atoms with Gasteiger partial charge >= 0.3 is 0 Å². The fourth-order valence-corrected chi connectivity index (χ4v) is 3.35. The van der Waals surface area contributed by atoms with Crippen LogP contribution in [-0.4, -0.2) is 34.5 Å². The molecule has 2 heterocycles. The van der Waals surface area contributed by atoms with Crippen LogP contribution in [0.3, 0.4) is 0 Å². The molecule has 0 bridgehead atoms. The van der Waals surface area contributed by atoms with Gasteiger partial charge in [-0.2, -0.15) is 4.98 Å². The number of nitrogens with two attached hydrogens (primary N) is 1. The van der Waals surface area contributed by atoms with Gasteiger partial charge < -0.3 is 16.4 Å². The molecule has 1 amide bonds. The minimum Gasteiger partial charge on any atom is -0.373 e. The van der Waals surface area contributed by atoms with E-state index in [1.165, 1.54) is 5.56 Å². The molecular formula is C25H30N6O. The summed E-state index contributed by atoms with van der Waals surface area (Å²) in [4.78, 5) is 24.4. The number of hydrogen-bond donors (Lipinski definition) is 3. The number of aromatic nitrogens is 3. The summed E-state index contributed by atoms with van der Waals surface area (Å²) in [5, 5.41) is 5.94. The molecule has 0 aliphatic heterocycles. The van der Waals surface area contributed by atoms with Crippen LogP contribution in [0.1, 0.15) is 36.8 Å². The second-order valence-corrected chi connectivity index (χ2v) is 7.52. The third-order valence-electron chi connectivity index (χ3n) is 5.03. The van der Waals surface area contributed by atoms with Crippen molar-refractivity contribution in [2.24, 2.45) is 0 Å². The molecule has 0 aliphatic carbocycles. The predicted octanol–water partition coefficient (Wildman–Crippen LogP) is 4.10. The zero-order valence-corrected chi connectivity index (χ0v) is 18.4. The van der Waals surface area contributed by atoms with E-state index >= 15 is 0 Å². The standard InChI is InChI=1S/C25H30N6O/c1-27-23-17-22(30-25(26)31-23)21-11-6-9-19(16-21)8-4-2-3-5-15-29-24(32)13-12-20-10-7-14-28-18-20/h6-7,9-14,16-18H,2-5,8,15H2,1H3,(H,29,32)(H3,26,27,30,31)/b13-12+. The van der Waals surface area contributed by atoms with E-state index in [4.69, 9.17) is 5.73 Å². The summed E-state index contributed by atoms with van der Waals surface area (Å²) in [6.07, 6.45) is 12.0. The number of nitrogens with one attached hydrogen (secondary N) is 2. The van der Waals surface area contributed by atoms with Crippen LogP contribution >= 0.6 is 0 Å². The van der Waals surface area contributed by atoms with E-state index in [1.807, 2.05) is 31.3 Å². The molecule has 0 saturated carbocycles. The second kappa shape index (κ2) is 12.2. The molecule has 0 atom stereocenters. The zero-order chi connectivity index (χ0) is 22.6. The van der Waals surface area contributed by atoms with E-state index in [-0.39, 0.29) is 11.9 Å². The Balaban J connectivity index is 1.36. The van der Waals surface area contributed by atoms with Crippen LogP contribution in [0.2, 0.25) is 0 Å². The monoisotopic (exact) mass is 430 g/mol. The van der Waals surface area contributed by atoms with E-state index in [0.29, 0.717) is 12.4 Å². The first-order valence-corrected chi connectivity index (χ1v) is 10.9. The number of amides is 1. The number of carbonyl (C=O) groups is 1. The second-order valence-electron chi connectivity index (χ2n) is 7.52. The average molecular weight is 431 g/mol. The maximum Gasteiger partial charge on any atom is 0.243 e. The molecule has 0 fully saturated rings. The van der Waals surface area contributed by atoms with Gasteiger partial charge in [0.2, 0.25) is 11.9 Å². The molecule has 2 aromatic heterocycles. The van der Waals surface area contributed by atoms with Gasteiger partial charge in [0.25, 0.3) is 0 Å². The number of benzene rings is 1. The van der Waals surface area contributed by atoms with Crippen molar-refractivity contribution in [2.75, 3.05) is 24.6 Å². The smallest absolute Gasteiger partial charge is 0.243 e. The fourth-order valence-electron chi connectivity index (χ4n) is 3.35. The fraction of sp³-hybridized carbons (Fsp3) is 0.280. The molecule has 3 aromatic rings. The minimum absolute atomic E-state index is 0.0718. The maximum absolute atomic E-state index is 11.9. The first kappa shape index (κ1) is 22.9. The van der Waals surface area contributed by atoms with Gasteiger partial charge in [0.1, 0.15) is 5.82 Å². The van der Waals surface area contributed by atoms with Gasteiger partial charge in [0.15, 0.2) is 0 Å². The molecule has 7 nitrogen and oxygen atoms in total. The summed E-state index contributed by atoms with van der Waals surface area (Å²) in [5.74, 6) is 0.895. The molecular weight excluding hydrogens is 400 g/mol. The van der Waals surface area contributed by atoms with Crippen molar-refractivity contribution in [1.29, 1.82) is 0 Å². The quantitative estimate of drug-likeness (QED) is 0.312. The highest BCUT2D eigenvalue weighted by Gasteiger charge is 2.05. The predicted molar refractivity (Wildman–Crippen MR) is 130 cm³/mol. The maximum atomic E-state index is 11.9. The van der Waals surface area contributed by atoms with Crippen LogP contribution < -0.4 is 16.4 Å². The molecule has 166 valence electrons. The third kappa shape index (κ3) is 7.50. The van der Waals surface area contributed by atoms with Crippen molar-refractivity contribution in [3.8, 4) is 11.3 Å². The van der Waals surface area contributed by atoms with Gasteiger partial charge in [-0.3, -0.25) is 9.78 Å². The van der Waals surface area contributed by atoms with Gasteiger partial charge in [-0.15, -0.1) is 0 Å². The number of carbonyl (C=O) groups excluding carboxylic acids is 1. The summed E-state index contributed by atoms with van der Waals surface area (Å²) in [5.41, 5.74) is 9.86. The van der Waals surface area contributed by atoms with Crippen molar-refractivity contribution in [3.05, 3.63) is 72.1 Å². The summed E-state index contributed by atoms with van der Waals surface area (Å²) >= 11 is 0. The van der Waals surface area contributed by atoms with Crippen LogP contribution in [0.15, 0.2) is 60.9 Å². The van der Waals surface area contributed by atoms with Crippen LogP contribution in [0, 0.1) is 0 Å². The topological polar surface area (TPSA) is 106 Å². The third-order valence-corrected chi connectivity index (χ3v) is 5.03. The van der Waals surface area contributed by atoms with E-state index in [0.717, 1.165) is 48.9 Å². The van der Waals surface area contributed by atoms with Gasteiger partial charge in [0, 0.05) is 43.7 Å². The largest absolute Gasteiger partial charge is 0.373 e. The molecule has 0 unspecified atom stereocenters. The minimum atomic E-state index is -0.0718. The Kier molecular flexibility index (Phi) is 8.74. The molecule has 0 spiro atoms. The summed E-state index contributed by atoms with van der Waals surface area (Å²) in [7, 11) is 1.81. The molecule has 3 rings (SSSR count). The Bertz CT molecular complexity index is 1040. The molecule has 7 heteroatoms. The van der Waals surface area contributed by atoms with Crippen LogP contribution in [-0.2, 0) is 11.2 Å². The van der Waals surface area contributed by atoms with Gasteiger partial charge in [-0.05, 0) is 48.6 Å². The summed E-state index contributed by atoms with van der Waals surface area (Å²) < 4.78 is 0. The Hall–Kier alpha value is -3.74. The average Bonchev–Trinajstić information content (AvgIpc) is 2.82. The van der Waals surface area contributed by atoms with Crippen LogP contribution in [0.4, 0.5) is 11.8 Å². The Morgan fingerprint density at radius 2 is 1.94 bits per heavy atom. The first-order valence-electron chi connectivity index (χ1n) is 10.9. The number of aryl methyl sites for hydroxylation is 1. The SMILES string of the molecule is CNc1cc(-c2cccc(CCCCCCNC(=O)/C=C/c3cccnc3)c2)nc(N)n1. The van der Waals surface area contributed by atoms with Crippen molar-refractivity contribution in [1.82, 2.24) is 20.3 Å². The molecule has 1 aromatic carbocycles. The highest BCUT2D eigenvalue weighted by Crippen LogP contribution is 2.22. The van der Waals surface area contributed by atoms with Gasteiger partial charge in [0.05, 0.1) is 5.69 Å². The molecule has 0 radical (unpaired) electrons. The van der Waals surface area contributed by atoms with Crippen molar-refractivity contribution < 1.29 is 4.79 Å². The lowest BCUT2D eigenvalue weighted by atomic mass is 10.0. The van der Waals surface area contributed by atoms with E-state index in [9.17, 15) is 4.79 Å². The van der Waals surface area contributed by atoms with E-state index < -0.39 is 0 Å². The highest BCUT2D eigenvalue weighted by molar-refractivity contribution is 5.91. The number of nitrogens with zero attached hydrogens (tertiary/aromatic N) is 3. The van der Waals surface area contributed by atoms with Crippen molar-refractivity contribution in [2.45, 2.75) is 32.1 Å². The molecule has 0 saturated heterocycles. The van der Waals surface area contributed by atoms with Crippen LogP contribution in [0.25, 0.3) is 17.3 Å². The summed E-state index contributed by atoms with van der Waals surface area (Å²) in [6.45, 7) is 0.689. The first-order chi connectivity index (χ1) is 15.6. The highest BCUT2D eigenvalue weighted by atomic mass is 16.1. The van der Waals surface area contributed by atoms with Crippen molar-refractivity contribution in [3.63, 3.8) is 0 Å².